The zero-order chi connectivity index (χ0) is 17.5. The minimum absolute atomic E-state index is 0.0277. The average molecular weight is 393 g/mol. The van der Waals surface area contributed by atoms with Crippen molar-refractivity contribution < 1.29 is 18.8 Å². The SMILES string of the molecule is O=C(CCC(=O)c1ccc(Br)cc1)NNC(=O)c1ccc(F)cc1. The normalized spacial score (nSPS) is 10.1. The monoisotopic (exact) mass is 392 g/mol. The molecule has 0 saturated heterocycles. The fourth-order valence-corrected chi connectivity index (χ4v) is 2.13. The summed E-state index contributed by atoms with van der Waals surface area (Å²) in [6.45, 7) is 0. The molecule has 24 heavy (non-hydrogen) atoms. The first-order valence-electron chi connectivity index (χ1n) is 7.09. The molecule has 2 amide bonds. The number of hydrazine groups is 1. The van der Waals surface area contributed by atoms with Crippen LogP contribution in [0.5, 0.6) is 0 Å². The molecule has 2 aromatic carbocycles. The maximum Gasteiger partial charge on any atom is 0.269 e. The highest BCUT2D eigenvalue weighted by molar-refractivity contribution is 9.10. The third kappa shape index (κ3) is 5.27. The molecule has 0 unspecified atom stereocenters. The molecule has 0 fully saturated rings. The summed E-state index contributed by atoms with van der Waals surface area (Å²) in [5.74, 6) is -1.68. The third-order valence-electron chi connectivity index (χ3n) is 3.17. The maximum absolute atomic E-state index is 12.8. The van der Waals surface area contributed by atoms with E-state index < -0.39 is 17.6 Å². The highest BCUT2D eigenvalue weighted by Crippen LogP contribution is 2.12. The van der Waals surface area contributed by atoms with Gasteiger partial charge in [-0.15, -0.1) is 0 Å². The molecule has 0 aliphatic carbocycles. The Bertz CT molecular complexity index is 682. The van der Waals surface area contributed by atoms with Crippen LogP contribution in [-0.4, -0.2) is 17.6 Å². The van der Waals surface area contributed by atoms with Crippen LogP contribution in [0.3, 0.4) is 0 Å². The lowest BCUT2D eigenvalue weighted by molar-refractivity contribution is -0.121. The highest BCUT2D eigenvalue weighted by atomic mass is 79.9. The van der Waals surface area contributed by atoms with Crippen molar-refractivity contribution in [2.45, 2.75) is 12.8 Å². The number of hydrogen-bond acceptors (Lipinski definition) is 3. The van der Waals surface area contributed by atoms with Crippen molar-refractivity contribution in [3.63, 3.8) is 0 Å². The molecule has 0 atom stereocenters. The lowest BCUT2D eigenvalue weighted by Crippen LogP contribution is -2.41. The van der Waals surface area contributed by atoms with E-state index in [1.807, 2.05) is 0 Å². The Kier molecular flexibility index (Phi) is 6.20. The topological polar surface area (TPSA) is 75.3 Å². The molecule has 2 aromatic rings. The largest absolute Gasteiger partial charge is 0.294 e. The molecule has 2 N–H and O–H groups in total. The van der Waals surface area contributed by atoms with E-state index in [1.54, 1.807) is 24.3 Å². The molecular formula is C17H14BrFN2O3. The van der Waals surface area contributed by atoms with Gasteiger partial charge in [0.1, 0.15) is 5.82 Å². The van der Waals surface area contributed by atoms with Gasteiger partial charge in [0, 0.05) is 28.4 Å². The Morgan fingerprint density at radius 2 is 1.42 bits per heavy atom. The van der Waals surface area contributed by atoms with Crippen molar-refractivity contribution in [2.75, 3.05) is 0 Å². The summed E-state index contributed by atoms with van der Waals surface area (Å²) in [7, 11) is 0. The zero-order valence-electron chi connectivity index (χ0n) is 12.5. The van der Waals surface area contributed by atoms with Crippen LogP contribution >= 0.6 is 15.9 Å². The number of carbonyl (C=O) groups is 3. The van der Waals surface area contributed by atoms with E-state index >= 15 is 0 Å². The molecule has 124 valence electrons. The smallest absolute Gasteiger partial charge is 0.269 e. The van der Waals surface area contributed by atoms with Crippen LogP contribution in [0.25, 0.3) is 0 Å². The number of nitrogens with one attached hydrogen (secondary N) is 2. The predicted molar refractivity (Wildman–Crippen MR) is 89.7 cm³/mol. The van der Waals surface area contributed by atoms with E-state index in [0.717, 1.165) is 16.6 Å². The van der Waals surface area contributed by atoms with Crippen LogP contribution in [0.4, 0.5) is 4.39 Å². The van der Waals surface area contributed by atoms with E-state index in [0.29, 0.717) is 5.56 Å². The van der Waals surface area contributed by atoms with Crippen LogP contribution in [0.1, 0.15) is 33.6 Å². The summed E-state index contributed by atoms with van der Waals surface area (Å²) in [6.07, 6.45) is -0.0293. The quantitative estimate of drug-likeness (QED) is 0.606. The van der Waals surface area contributed by atoms with Gasteiger partial charge in [-0.2, -0.15) is 0 Å². The molecule has 7 heteroatoms. The summed E-state index contributed by atoms with van der Waals surface area (Å²) in [5, 5.41) is 0. The van der Waals surface area contributed by atoms with Crippen LogP contribution < -0.4 is 10.9 Å². The number of halogens is 2. The van der Waals surface area contributed by atoms with Crippen molar-refractivity contribution in [1.82, 2.24) is 10.9 Å². The molecule has 0 saturated carbocycles. The highest BCUT2D eigenvalue weighted by Gasteiger charge is 2.11. The number of benzene rings is 2. The minimum atomic E-state index is -0.567. The Balaban J connectivity index is 1.77. The van der Waals surface area contributed by atoms with Crippen molar-refractivity contribution in [3.8, 4) is 0 Å². The first kappa shape index (κ1) is 17.8. The van der Waals surface area contributed by atoms with E-state index in [2.05, 4.69) is 26.8 Å². The van der Waals surface area contributed by atoms with Gasteiger partial charge in [0.05, 0.1) is 0 Å². The summed E-state index contributed by atoms with van der Waals surface area (Å²) in [5.41, 5.74) is 5.16. The van der Waals surface area contributed by atoms with Gasteiger partial charge in [0.2, 0.25) is 5.91 Å². The van der Waals surface area contributed by atoms with Crippen molar-refractivity contribution in [1.29, 1.82) is 0 Å². The number of rotatable bonds is 5. The molecular weight excluding hydrogens is 379 g/mol. The molecule has 0 spiro atoms. The summed E-state index contributed by atoms with van der Waals surface area (Å²) >= 11 is 3.28. The van der Waals surface area contributed by atoms with Crippen LogP contribution in [0.15, 0.2) is 53.0 Å². The fraction of sp³-hybridized carbons (Fsp3) is 0.118. The number of Topliss-reactive ketones (excluding diaryl/α,β-unsaturated/α-hetero) is 1. The van der Waals surface area contributed by atoms with Gasteiger partial charge in [-0.25, -0.2) is 4.39 Å². The van der Waals surface area contributed by atoms with Crippen molar-refractivity contribution in [3.05, 3.63) is 69.9 Å². The second-order valence-corrected chi connectivity index (χ2v) is 5.85. The number of ketones is 1. The second-order valence-electron chi connectivity index (χ2n) is 4.94. The van der Waals surface area contributed by atoms with Gasteiger partial charge in [-0.1, -0.05) is 28.1 Å². The Morgan fingerprint density at radius 3 is 2.04 bits per heavy atom. The van der Waals surface area contributed by atoms with E-state index in [9.17, 15) is 18.8 Å². The van der Waals surface area contributed by atoms with Crippen LogP contribution in [0.2, 0.25) is 0 Å². The minimum Gasteiger partial charge on any atom is -0.294 e. The van der Waals surface area contributed by atoms with E-state index in [1.165, 1.54) is 12.1 Å². The molecule has 0 aliphatic heterocycles. The number of carbonyl (C=O) groups excluding carboxylic acids is 3. The lowest BCUT2D eigenvalue weighted by Gasteiger charge is -2.07. The zero-order valence-corrected chi connectivity index (χ0v) is 14.1. The van der Waals surface area contributed by atoms with E-state index in [4.69, 9.17) is 0 Å². The third-order valence-corrected chi connectivity index (χ3v) is 3.70. The second kappa shape index (κ2) is 8.35. The van der Waals surface area contributed by atoms with Gasteiger partial charge in [0.15, 0.2) is 5.78 Å². The summed E-state index contributed by atoms with van der Waals surface area (Å²) < 4.78 is 13.6. The molecule has 2 rings (SSSR count). The van der Waals surface area contributed by atoms with Gasteiger partial charge in [0.25, 0.3) is 5.91 Å². The van der Waals surface area contributed by atoms with Crippen LogP contribution in [0, 0.1) is 5.82 Å². The first-order chi connectivity index (χ1) is 11.5. The molecule has 0 radical (unpaired) electrons. The number of hydrogen-bond donors (Lipinski definition) is 2. The molecule has 5 nitrogen and oxygen atoms in total. The predicted octanol–water partition coefficient (Wildman–Crippen LogP) is 3.01. The Morgan fingerprint density at radius 1 is 0.833 bits per heavy atom. The van der Waals surface area contributed by atoms with Crippen molar-refractivity contribution in [2.24, 2.45) is 0 Å². The lowest BCUT2D eigenvalue weighted by atomic mass is 10.1. The molecule has 0 aromatic heterocycles. The molecule has 0 aliphatic rings. The van der Waals surface area contributed by atoms with Crippen molar-refractivity contribution >= 4 is 33.5 Å². The first-order valence-corrected chi connectivity index (χ1v) is 7.88. The summed E-state index contributed by atoms with van der Waals surface area (Å²) in [6, 6.07) is 11.7. The van der Waals surface area contributed by atoms with Gasteiger partial charge < -0.3 is 0 Å². The fourth-order valence-electron chi connectivity index (χ4n) is 1.87. The van der Waals surface area contributed by atoms with Gasteiger partial charge >= 0.3 is 0 Å². The van der Waals surface area contributed by atoms with E-state index in [-0.39, 0.29) is 24.2 Å². The van der Waals surface area contributed by atoms with Gasteiger partial charge in [-0.3, -0.25) is 25.2 Å². The average Bonchev–Trinajstić information content (AvgIpc) is 2.58. The van der Waals surface area contributed by atoms with Gasteiger partial charge in [-0.05, 0) is 36.4 Å². The molecule has 0 heterocycles. The number of amides is 2. The Labute approximate surface area is 146 Å². The Hall–Kier alpha value is -2.54. The van der Waals surface area contributed by atoms with Crippen LogP contribution in [-0.2, 0) is 4.79 Å². The maximum atomic E-state index is 12.8. The standard InChI is InChI=1S/C17H14BrFN2O3/c18-13-5-1-11(2-6-13)15(22)9-10-16(23)20-21-17(24)12-3-7-14(19)8-4-12/h1-8H,9-10H2,(H,20,23)(H,21,24). The molecule has 0 bridgehead atoms. The summed E-state index contributed by atoms with van der Waals surface area (Å²) in [4.78, 5) is 35.3.